The first-order valence-corrected chi connectivity index (χ1v) is 5.72. The second-order valence-electron chi connectivity index (χ2n) is 3.74. The Bertz CT molecular complexity index is 103. The van der Waals surface area contributed by atoms with Crippen LogP contribution in [0.3, 0.4) is 0 Å². The van der Waals surface area contributed by atoms with Crippen molar-refractivity contribution in [2.45, 2.75) is 40.0 Å². The Morgan fingerprint density at radius 1 is 0.867 bits per heavy atom. The second kappa shape index (κ2) is 16.9. The van der Waals surface area contributed by atoms with Gasteiger partial charge in [0, 0.05) is 0 Å². The largest absolute Gasteiger partial charge is 0.317 e. The fraction of sp³-hybridized carbons (Fsp3) is 1.00. The third-order valence-electron chi connectivity index (χ3n) is 2.36. The molecule has 0 aromatic carbocycles. The lowest BCUT2D eigenvalue weighted by Crippen LogP contribution is -2.18. The molecule has 0 saturated heterocycles. The fourth-order valence-electron chi connectivity index (χ4n) is 1.42. The summed E-state index contributed by atoms with van der Waals surface area (Å²) >= 11 is 0. The maximum atomic E-state index is 3.37. The fourth-order valence-corrected chi connectivity index (χ4v) is 1.42. The molecule has 4 heteroatoms. The Kier molecular flexibility index (Phi) is 23.5. The third-order valence-corrected chi connectivity index (χ3v) is 2.36. The van der Waals surface area contributed by atoms with Crippen molar-refractivity contribution in [2.75, 3.05) is 26.2 Å². The van der Waals surface area contributed by atoms with Crippen molar-refractivity contribution in [2.24, 2.45) is 5.92 Å². The maximum Gasteiger partial charge on any atom is -0.00465 e. The molecule has 0 bridgehead atoms. The van der Waals surface area contributed by atoms with Gasteiger partial charge in [-0.3, -0.25) is 0 Å². The molecule has 0 aromatic rings. The van der Waals surface area contributed by atoms with Crippen LogP contribution < -0.4 is 10.6 Å². The Balaban J connectivity index is -0.000000720. The molecule has 1 atom stereocenters. The highest BCUT2D eigenvalue weighted by atomic mass is 35.5. The standard InChI is InChI=1S/C11H26N2.2ClH/c1-4-12-9-6-7-11(3)8-10-13-5-2;;/h11-13H,4-10H2,1-3H3;2*1H. The summed E-state index contributed by atoms with van der Waals surface area (Å²) in [7, 11) is 0. The first-order valence-electron chi connectivity index (χ1n) is 5.72. The summed E-state index contributed by atoms with van der Waals surface area (Å²) in [4.78, 5) is 0. The monoisotopic (exact) mass is 258 g/mol. The molecule has 0 aromatic heterocycles. The van der Waals surface area contributed by atoms with E-state index in [0.717, 1.165) is 19.0 Å². The number of rotatable bonds is 9. The smallest absolute Gasteiger partial charge is 0.00465 e. The predicted octanol–water partition coefficient (Wildman–Crippen LogP) is 2.86. The molecule has 0 aliphatic rings. The normalized spacial score (nSPS) is 11.4. The minimum atomic E-state index is 0. The van der Waals surface area contributed by atoms with Gasteiger partial charge in [0.05, 0.1) is 0 Å². The van der Waals surface area contributed by atoms with E-state index in [-0.39, 0.29) is 24.8 Å². The molecule has 0 heterocycles. The molecule has 0 rings (SSSR count). The molecular weight excluding hydrogens is 231 g/mol. The minimum absolute atomic E-state index is 0. The average Bonchev–Trinajstić information content (AvgIpc) is 2.13. The molecule has 2 nitrogen and oxygen atoms in total. The first kappa shape index (κ1) is 20.9. The first-order chi connectivity index (χ1) is 6.31. The van der Waals surface area contributed by atoms with Gasteiger partial charge in [-0.05, 0) is 51.4 Å². The summed E-state index contributed by atoms with van der Waals surface area (Å²) in [6, 6.07) is 0. The molecule has 0 radical (unpaired) electrons. The van der Waals surface area contributed by atoms with Crippen molar-refractivity contribution in [3.63, 3.8) is 0 Å². The molecule has 1 unspecified atom stereocenters. The van der Waals surface area contributed by atoms with E-state index in [1.54, 1.807) is 0 Å². The number of hydrogen-bond acceptors (Lipinski definition) is 2. The number of halogens is 2. The van der Waals surface area contributed by atoms with Gasteiger partial charge in [0.1, 0.15) is 0 Å². The molecule has 2 N–H and O–H groups in total. The highest BCUT2D eigenvalue weighted by molar-refractivity contribution is 5.85. The van der Waals surface area contributed by atoms with Crippen molar-refractivity contribution in [3.05, 3.63) is 0 Å². The lowest BCUT2D eigenvalue weighted by Gasteiger charge is -2.11. The average molecular weight is 259 g/mol. The van der Waals surface area contributed by atoms with Crippen LogP contribution >= 0.6 is 24.8 Å². The van der Waals surface area contributed by atoms with Crippen LogP contribution in [0.4, 0.5) is 0 Å². The summed E-state index contributed by atoms with van der Waals surface area (Å²) in [6.45, 7) is 11.2. The highest BCUT2D eigenvalue weighted by Crippen LogP contribution is 2.08. The maximum absolute atomic E-state index is 3.37. The highest BCUT2D eigenvalue weighted by Gasteiger charge is 2.00. The van der Waals surface area contributed by atoms with Gasteiger partial charge in [0.15, 0.2) is 0 Å². The van der Waals surface area contributed by atoms with Crippen molar-refractivity contribution in [1.29, 1.82) is 0 Å². The van der Waals surface area contributed by atoms with Gasteiger partial charge in [-0.25, -0.2) is 0 Å². The molecule has 15 heavy (non-hydrogen) atoms. The van der Waals surface area contributed by atoms with Crippen molar-refractivity contribution < 1.29 is 0 Å². The van der Waals surface area contributed by atoms with E-state index in [1.807, 2.05) is 0 Å². The molecular formula is C11H28Cl2N2. The lowest BCUT2D eigenvalue weighted by atomic mass is 10.0. The SMILES string of the molecule is CCNCCCC(C)CCNCC.Cl.Cl. The van der Waals surface area contributed by atoms with Crippen LogP contribution in [0.15, 0.2) is 0 Å². The third kappa shape index (κ3) is 17.1. The van der Waals surface area contributed by atoms with Crippen LogP contribution in [0.5, 0.6) is 0 Å². The zero-order valence-electron chi connectivity index (χ0n) is 10.3. The van der Waals surface area contributed by atoms with Gasteiger partial charge in [0.25, 0.3) is 0 Å². The van der Waals surface area contributed by atoms with E-state index >= 15 is 0 Å². The lowest BCUT2D eigenvalue weighted by molar-refractivity contribution is 0.452. The topological polar surface area (TPSA) is 24.1 Å². The summed E-state index contributed by atoms with van der Waals surface area (Å²) in [5, 5.41) is 6.72. The second-order valence-corrected chi connectivity index (χ2v) is 3.74. The zero-order valence-corrected chi connectivity index (χ0v) is 12.0. The minimum Gasteiger partial charge on any atom is -0.317 e. The van der Waals surface area contributed by atoms with Crippen LogP contribution in [0.2, 0.25) is 0 Å². The Morgan fingerprint density at radius 2 is 1.40 bits per heavy atom. The number of hydrogen-bond donors (Lipinski definition) is 2. The van der Waals surface area contributed by atoms with Gasteiger partial charge in [0.2, 0.25) is 0 Å². The van der Waals surface area contributed by atoms with Gasteiger partial charge < -0.3 is 10.6 Å². The molecule has 0 amide bonds. The van der Waals surface area contributed by atoms with Gasteiger partial charge >= 0.3 is 0 Å². The van der Waals surface area contributed by atoms with Crippen LogP contribution in [0.1, 0.15) is 40.0 Å². The molecule has 0 aliphatic heterocycles. The summed E-state index contributed by atoms with van der Waals surface area (Å²) in [6.07, 6.45) is 4.00. The summed E-state index contributed by atoms with van der Waals surface area (Å²) in [5.74, 6) is 0.873. The van der Waals surface area contributed by atoms with E-state index in [9.17, 15) is 0 Å². The van der Waals surface area contributed by atoms with Gasteiger partial charge in [-0.2, -0.15) is 0 Å². The van der Waals surface area contributed by atoms with Crippen molar-refractivity contribution in [3.8, 4) is 0 Å². The van der Waals surface area contributed by atoms with E-state index in [2.05, 4.69) is 31.4 Å². The molecule has 0 spiro atoms. The summed E-state index contributed by atoms with van der Waals surface area (Å²) < 4.78 is 0. The Morgan fingerprint density at radius 3 is 1.93 bits per heavy atom. The molecule has 0 saturated carbocycles. The van der Waals surface area contributed by atoms with E-state index in [1.165, 1.54) is 32.4 Å². The molecule has 0 aliphatic carbocycles. The van der Waals surface area contributed by atoms with Gasteiger partial charge in [-0.15, -0.1) is 24.8 Å². The molecule has 0 fully saturated rings. The van der Waals surface area contributed by atoms with E-state index < -0.39 is 0 Å². The predicted molar refractivity (Wildman–Crippen MR) is 74.6 cm³/mol. The summed E-state index contributed by atoms with van der Waals surface area (Å²) in [5.41, 5.74) is 0. The van der Waals surface area contributed by atoms with Crippen LogP contribution in [0, 0.1) is 5.92 Å². The van der Waals surface area contributed by atoms with Crippen molar-refractivity contribution in [1.82, 2.24) is 10.6 Å². The van der Waals surface area contributed by atoms with Crippen LogP contribution in [0.25, 0.3) is 0 Å². The van der Waals surface area contributed by atoms with Crippen LogP contribution in [-0.2, 0) is 0 Å². The quantitative estimate of drug-likeness (QED) is 0.622. The molecule has 96 valence electrons. The van der Waals surface area contributed by atoms with Crippen LogP contribution in [-0.4, -0.2) is 26.2 Å². The van der Waals surface area contributed by atoms with E-state index in [0.29, 0.717) is 0 Å². The van der Waals surface area contributed by atoms with Crippen molar-refractivity contribution >= 4 is 24.8 Å². The Labute approximate surface area is 108 Å². The van der Waals surface area contributed by atoms with E-state index in [4.69, 9.17) is 0 Å². The Hall–Kier alpha value is 0.500. The van der Waals surface area contributed by atoms with Gasteiger partial charge in [-0.1, -0.05) is 20.8 Å². The zero-order chi connectivity index (χ0) is 9.94. The number of nitrogens with one attached hydrogen (secondary N) is 2.